The summed E-state index contributed by atoms with van der Waals surface area (Å²) in [7, 11) is -4.09. The monoisotopic (exact) mass is 465 g/mol. The van der Waals surface area contributed by atoms with Crippen LogP contribution in [0.5, 0.6) is 0 Å². The molecule has 0 fully saturated rings. The van der Waals surface area contributed by atoms with Gasteiger partial charge in [0.2, 0.25) is 10.0 Å². The van der Waals surface area contributed by atoms with E-state index in [0.29, 0.717) is 22.8 Å². The van der Waals surface area contributed by atoms with E-state index in [2.05, 4.69) is 0 Å². The molecular formula is C22H18ClF2NO2S2. The van der Waals surface area contributed by atoms with Crippen molar-refractivity contribution < 1.29 is 17.2 Å². The van der Waals surface area contributed by atoms with Crippen molar-refractivity contribution in [3.63, 3.8) is 0 Å². The number of hydrogen-bond acceptors (Lipinski definition) is 3. The fourth-order valence-corrected chi connectivity index (χ4v) is 7.32. The summed E-state index contributed by atoms with van der Waals surface area (Å²) in [5.74, 6) is -3.55. The van der Waals surface area contributed by atoms with Gasteiger partial charge in [-0.15, -0.1) is 0 Å². The van der Waals surface area contributed by atoms with Gasteiger partial charge in [0, 0.05) is 27.4 Å². The van der Waals surface area contributed by atoms with Crippen LogP contribution >= 0.6 is 23.4 Å². The normalized spacial score (nSPS) is 22.2. The van der Waals surface area contributed by atoms with Crippen LogP contribution in [0.1, 0.15) is 18.4 Å². The van der Waals surface area contributed by atoms with Gasteiger partial charge < -0.3 is 0 Å². The summed E-state index contributed by atoms with van der Waals surface area (Å²) in [5.41, 5.74) is 1.15. The van der Waals surface area contributed by atoms with Crippen molar-refractivity contribution in [3.05, 3.63) is 94.5 Å². The van der Waals surface area contributed by atoms with Crippen LogP contribution in [-0.2, 0) is 10.0 Å². The molecule has 0 radical (unpaired) electrons. The number of para-hydroxylation sites is 1. The number of aromatic nitrogens is 1. The SMILES string of the molecule is CC1(S(=O)(=O)n2ccc3ccccc32)C=C(Cl)C=C(SC(F)F)C1c1ccccc1. The van der Waals surface area contributed by atoms with E-state index in [-0.39, 0.29) is 9.94 Å². The van der Waals surface area contributed by atoms with Gasteiger partial charge in [0.05, 0.1) is 5.52 Å². The zero-order valence-electron chi connectivity index (χ0n) is 15.9. The van der Waals surface area contributed by atoms with E-state index in [1.165, 1.54) is 29.2 Å². The molecule has 0 saturated heterocycles. The number of nitrogens with zero attached hydrogens (tertiary/aromatic N) is 1. The molecule has 1 aliphatic carbocycles. The Hall–Kier alpha value is -2.09. The van der Waals surface area contributed by atoms with Gasteiger partial charge in [-0.05, 0) is 36.8 Å². The molecule has 8 heteroatoms. The zero-order chi connectivity index (χ0) is 21.5. The number of thioether (sulfide) groups is 1. The minimum Gasteiger partial charge on any atom is -0.244 e. The molecule has 2 unspecified atom stereocenters. The van der Waals surface area contributed by atoms with Gasteiger partial charge in [-0.3, -0.25) is 0 Å². The first-order chi connectivity index (χ1) is 14.2. The maximum absolute atomic E-state index is 14.0. The molecule has 0 aliphatic heterocycles. The van der Waals surface area contributed by atoms with E-state index in [9.17, 15) is 17.2 Å². The first-order valence-electron chi connectivity index (χ1n) is 9.15. The van der Waals surface area contributed by atoms with Crippen LogP contribution in [0, 0.1) is 0 Å². The lowest BCUT2D eigenvalue weighted by Crippen LogP contribution is -2.44. The average Bonchev–Trinajstić information content (AvgIpc) is 3.12. The van der Waals surface area contributed by atoms with Crippen molar-refractivity contribution in [1.82, 2.24) is 3.97 Å². The molecule has 3 aromatic rings. The molecule has 2 atom stereocenters. The fraction of sp³-hybridized carbons (Fsp3) is 0.182. The van der Waals surface area contributed by atoms with Crippen LogP contribution in [0.25, 0.3) is 10.9 Å². The molecule has 0 spiro atoms. The molecule has 156 valence electrons. The van der Waals surface area contributed by atoms with Gasteiger partial charge in [-0.25, -0.2) is 12.4 Å². The van der Waals surface area contributed by atoms with Crippen molar-refractivity contribution in [2.24, 2.45) is 0 Å². The highest BCUT2D eigenvalue weighted by molar-refractivity contribution is 8.03. The second kappa shape index (κ2) is 7.87. The second-order valence-electron chi connectivity index (χ2n) is 7.16. The van der Waals surface area contributed by atoms with E-state index in [4.69, 9.17) is 11.6 Å². The highest BCUT2D eigenvalue weighted by Crippen LogP contribution is 2.51. The maximum atomic E-state index is 14.0. The summed E-state index contributed by atoms with van der Waals surface area (Å²) >= 11 is 6.60. The first kappa shape index (κ1) is 21.2. The lowest BCUT2D eigenvalue weighted by molar-refractivity contribution is 0.252. The maximum Gasteiger partial charge on any atom is 0.288 e. The van der Waals surface area contributed by atoms with Crippen LogP contribution in [0.3, 0.4) is 0 Å². The smallest absolute Gasteiger partial charge is 0.244 e. The molecule has 1 aliphatic rings. The number of benzene rings is 2. The topological polar surface area (TPSA) is 39.1 Å². The molecule has 30 heavy (non-hydrogen) atoms. The molecule has 0 amide bonds. The Morgan fingerprint density at radius 1 is 1.07 bits per heavy atom. The fourth-order valence-electron chi connectivity index (χ4n) is 3.95. The molecule has 2 aromatic carbocycles. The van der Waals surface area contributed by atoms with Crippen LogP contribution in [0.2, 0.25) is 0 Å². The Balaban J connectivity index is 1.96. The number of halogens is 3. The van der Waals surface area contributed by atoms with Crippen LogP contribution in [0.4, 0.5) is 8.78 Å². The third-order valence-electron chi connectivity index (χ3n) is 5.30. The minimum atomic E-state index is -4.09. The Kier molecular flexibility index (Phi) is 5.55. The van der Waals surface area contributed by atoms with Gasteiger partial charge in [0.15, 0.2) is 0 Å². The number of rotatable bonds is 5. The molecule has 3 nitrogen and oxygen atoms in total. The van der Waals surface area contributed by atoms with E-state index >= 15 is 0 Å². The highest BCUT2D eigenvalue weighted by Gasteiger charge is 2.50. The van der Waals surface area contributed by atoms with E-state index < -0.39 is 26.4 Å². The Labute approximate surface area is 183 Å². The lowest BCUT2D eigenvalue weighted by atomic mass is 9.83. The van der Waals surface area contributed by atoms with Gasteiger partial charge in [0.1, 0.15) is 4.75 Å². The van der Waals surface area contributed by atoms with Crippen molar-refractivity contribution in [2.75, 3.05) is 0 Å². The summed E-state index contributed by atoms with van der Waals surface area (Å²) in [6, 6.07) is 17.6. The van der Waals surface area contributed by atoms with Crippen LogP contribution in [0.15, 0.2) is 88.9 Å². The van der Waals surface area contributed by atoms with Crippen molar-refractivity contribution in [3.8, 4) is 0 Å². The van der Waals surface area contributed by atoms with E-state index in [1.54, 1.807) is 48.5 Å². The number of allylic oxidation sites excluding steroid dienone is 3. The molecule has 4 rings (SSSR count). The molecular weight excluding hydrogens is 448 g/mol. The first-order valence-corrected chi connectivity index (χ1v) is 11.8. The van der Waals surface area contributed by atoms with E-state index in [0.717, 1.165) is 5.39 Å². The molecule has 0 saturated carbocycles. The molecule has 0 N–H and O–H groups in total. The van der Waals surface area contributed by atoms with Crippen molar-refractivity contribution in [2.45, 2.75) is 23.3 Å². The van der Waals surface area contributed by atoms with Crippen LogP contribution < -0.4 is 0 Å². The number of hydrogen-bond donors (Lipinski definition) is 0. The summed E-state index contributed by atoms with van der Waals surface area (Å²) < 4.78 is 54.3. The largest absolute Gasteiger partial charge is 0.288 e. The van der Waals surface area contributed by atoms with Gasteiger partial charge >= 0.3 is 0 Å². The Bertz CT molecular complexity index is 1250. The second-order valence-corrected chi connectivity index (χ2v) is 10.9. The minimum absolute atomic E-state index is 0.118. The summed E-state index contributed by atoms with van der Waals surface area (Å²) in [4.78, 5) is 0.214. The van der Waals surface area contributed by atoms with Gasteiger partial charge in [-0.2, -0.15) is 8.78 Å². The average molecular weight is 466 g/mol. The Morgan fingerprint density at radius 2 is 1.73 bits per heavy atom. The van der Waals surface area contributed by atoms with Crippen LogP contribution in [-0.4, -0.2) is 22.9 Å². The molecule has 0 bridgehead atoms. The van der Waals surface area contributed by atoms with Crippen molar-refractivity contribution >= 4 is 44.3 Å². The standard InChI is InChI=1S/C22H18ClF2NO2S2/c1-22(30(27,28)26-12-11-15-7-5-6-10-18(15)26)14-17(23)13-19(29-21(24)25)20(22)16-8-3-2-4-9-16/h2-14,20-21H,1H3. The third-order valence-corrected chi connectivity index (χ3v) is 8.62. The molecule has 1 aromatic heterocycles. The third kappa shape index (κ3) is 3.49. The zero-order valence-corrected chi connectivity index (χ0v) is 18.3. The summed E-state index contributed by atoms with van der Waals surface area (Å²) in [6.45, 7) is 1.54. The Morgan fingerprint density at radius 3 is 2.43 bits per heavy atom. The molecule has 1 heterocycles. The summed E-state index contributed by atoms with van der Waals surface area (Å²) in [5, 5.41) is 0.886. The predicted octanol–water partition coefficient (Wildman–Crippen LogP) is 6.34. The highest BCUT2D eigenvalue weighted by atomic mass is 35.5. The van der Waals surface area contributed by atoms with Gasteiger partial charge in [0.25, 0.3) is 5.76 Å². The number of fused-ring (bicyclic) bond motifs is 1. The predicted molar refractivity (Wildman–Crippen MR) is 119 cm³/mol. The lowest BCUT2D eigenvalue weighted by Gasteiger charge is -2.39. The van der Waals surface area contributed by atoms with Gasteiger partial charge in [-0.1, -0.05) is 71.9 Å². The van der Waals surface area contributed by atoms with Crippen molar-refractivity contribution in [1.29, 1.82) is 0 Å². The quantitative estimate of drug-likeness (QED) is 0.441. The summed E-state index contributed by atoms with van der Waals surface area (Å²) in [6.07, 6.45) is 4.38. The number of alkyl halides is 2. The van der Waals surface area contributed by atoms with E-state index in [1.807, 2.05) is 12.1 Å².